The number of benzene rings is 1. The second-order valence-electron chi connectivity index (χ2n) is 5.37. The molecule has 0 amide bonds. The molecule has 132 valence electrons. The van der Waals surface area contributed by atoms with E-state index in [1.807, 2.05) is 12.1 Å². The molecule has 1 aromatic heterocycles. The van der Waals surface area contributed by atoms with Gasteiger partial charge < -0.3 is 16.8 Å². The lowest BCUT2D eigenvalue weighted by molar-refractivity contribution is 0.847. The van der Waals surface area contributed by atoms with Crippen molar-refractivity contribution in [3.05, 3.63) is 44.4 Å². The molecule has 0 radical (unpaired) electrons. The third-order valence-electron chi connectivity index (χ3n) is 3.84. The van der Waals surface area contributed by atoms with Gasteiger partial charge in [0.2, 0.25) is 5.96 Å². The van der Waals surface area contributed by atoms with E-state index in [2.05, 4.69) is 20.6 Å². The molecule has 1 aromatic carbocycles. The van der Waals surface area contributed by atoms with Crippen LogP contribution in [0, 0.1) is 34.1 Å². The van der Waals surface area contributed by atoms with Gasteiger partial charge in [-0.3, -0.25) is 5.32 Å². The zero-order chi connectivity index (χ0) is 19.7. The van der Waals surface area contributed by atoms with Gasteiger partial charge in [-0.1, -0.05) is 23.2 Å². The van der Waals surface area contributed by atoms with E-state index in [1.54, 1.807) is 6.19 Å². The summed E-state index contributed by atoms with van der Waals surface area (Å²) in [5, 5.41) is 32.8. The van der Waals surface area contributed by atoms with Gasteiger partial charge in [0.15, 0.2) is 6.19 Å². The van der Waals surface area contributed by atoms with Crippen molar-refractivity contribution < 1.29 is 0 Å². The first-order valence-corrected chi connectivity index (χ1v) is 8.04. The van der Waals surface area contributed by atoms with Crippen LogP contribution in [-0.4, -0.2) is 10.9 Å². The number of pyridine rings is 1. The minimum Gasteiger partial charge on any atom is -0.397 e. The van der Waals surface area contributed by atoms with Gasteiger partial charge in [0.1, 0.15) is 29.3 Å². The Balaban J connectivity index is 2.33. The van der Waals surface area contributed by atoms with Gasteiger partial charge in [-0.25, -0.2) is 9.98 Å². The highest BCUT2D eigenvalue weighted by atomic mass is 35.5. The van der Waals surface area contributed by atoms with E-state index in [1.165, 1.54) is 12.1 Å². The Bertz CT molecular complexity index is 1100. The highest BCUT2D eigenvalue weighted by molar-refractivity contribution is 6.36. The lowest BCUT2D eigenvalue weighted by Gasteiger charge is -2.27. The molecule has 1 aliphatic rings. The van der Waals surface area contributed by atoms with Gasteiger partial charge in [0.05, 0.1) is 17.3 Å². The van der Waals surface area contributed by atoms with Crippen LogP contribution >= 0.6 is 23.2 Å². The monoisotopic (exact) mass is 397 g/mol. The second-order valence-corrected chi connectivity index (χ2v) is 6.18. The smallest absolute Gasteiger partial charge is 0.211 e. The van der Waals surface area contributed by atoms with Crippen LogP contribution in [-0.2, 0) is 0 Å². The quantitative estimate of drug-likeness (QED) is 0.418. The number of halogens is 2. The summed E-state index contributed by atoms with van der Waals surface area (Å²) in [6, 6.07) is 5.84. The highest BCUT2D eigenvalue weighted by Gasteiger charge is 2.32. The Morgan fingerprint density at radius 2 is 1.74 bits per heavy atom. The number of aromatic nitrogens is 1. The van der Waals surface area contributed by atoms with Crippen molar-refractivity contribution in [2.24, 2.45) is 4.99 Å². The third kappa shape index (κ3) is 3.00. The lowest BCUT2D eigenvalue weighted by Crippen LogP contribution is -2.33. The molecule has 1 atom stereocenters. The molecular weight excluding hydrogens is 389 g/mol. The number of nitrogens with zero attached hydrogens (tertiary/aromatic N) is 5. The van der Waals surface area contributed by atoms with Crippen LogP contribution in [0.25, 0.3) is 0 Å². The number of nitrogens with two attached hydrogens (primary N) is 2. The van der Waals surface area contributed by atoms with E-state index in [4.69, 9.17) is 45.2 Å². The van der Waals surface area contributed by atoms with E-state index >= 15 is 0 Å². The molecule has 0 saturated carbocycles. The van der Waals surface area contributed by atoms with Crippen LogP contribution < -0.4 is 22.1 Å². The standard InChI is InChI=1S/C16H9Cl2N9/c17-8-1-6(3-19)2-9(18)10(8)13-11-12(22)7(4-20)14(23)26-15(11)27-16(25-13)24-5-21/h1-2,13H,(H6,22,23,24,25,26,27). The topological polar surface area (TPSA) is 173 Å². The summed E-state index contributed by atoms with van der Waals surface area (Å²) >= 11 is 12.7. The predicted molar refractivity (Wildman–Crippen MR) is 101 cm³/mol. The number of nitrogens with one attached hydrogen (secondary N) is 2. The van der Waals surface area contributed by atoms with E-state index in [0.717, 1.165) is 0 Å². The van der Waals surface area contributed by atoms with Gasteiger partial charge in [0, 0.05) is 21.2 Å². The van der Waals surface area contributed by atoms with E-state index in [9.17, 15) is 5.26 Å². The first-order chi connectivity index (χ1) is 12.9. The molecule has 0 spiro atoms. The fourth-order valence-corrected chi connectivity index (χ4v) is 3.39. The summed E-state index contributed by atoms with van der Waals surface area (Å²) in [5.41, 5.74) is 12.9. The Morgan fingerprint density at radius 3 is 2.30 bits per heavy atom. The number of nitriles is 3. The van der Waals surface area contributed by atoms with Crippen LogP contribution in [0.2, 0.25) is 10.0 Å². The highest BCUT2D eigenvalue weighted by Crippen LogP contribution is 2.45. The molecule has 0 bridgehead atoms. The number of anilines is 3. The molecule has 6 N–H and O–H groups in total. The zero-order valence-corrected chi connectivity index (χ0v) is 14.9. The molecule has 1 unspecified atom stereocenters. The molecule has 27 heavy (non-hydrogen) atoms. The van der Waals surface area contributed by atoms with Gasteiger partial charge in [-0.15, -0.1) is 0 Å². The average Bonchev–Trinajstić information content (AvgIpc) is 2.61. The van der Waals surface area contributed by atoms with Crippen LogP contribution in [0.1, 0.15) is 28.3 Å². The van der Waals surface area contributed by atoms with Crippen molar-refractivity contribution in [2.45, 2.75) is 6.04 Å². The lowest BCUT2D eigenvalue weighted by atomic mass is 9.94. The van der Waals surface area contributed by atoms with Crippen LogP contribution in [0.4, 0.5) is 17.3 Å². The van der Waals surface area contributed by atoms with E-state index in [0.29, 0.717) is 11.1 Å². The fraction of sp³-hybridized carbons (Fsp3) is 0.0625. The molecular formula is C16H9Cl2N9. The van der Waals surface area contributed by atoms with Crippen molar-refractivity contribution in [1.29, 1.82) is 15.8 Å². The Hall–Kier alpha value is -3.71. The maximum Gasteiger partial charge on any atom is 0.211 e. The first-order valence-electron chi connectivity index (χ1n) is 7.29. The molecule has 2 heterocycles. The summed E-state index contributed by atoms with van der Waals surface area (Å²) in [7, 11) is 0. The van der Waals surface area contributed by atoms with E-state index < -0.39 is 6.04 Å². The second kappa shape index (κ2) is 6.89. The van der Waals surface area contributed by atoms with Crippen molar-refractivity contribution in [1.82, 2.24) is 10.3 Å². The molecule has 2 aromatic rings. The van der Waals surface area contributed by atoms with Gasteiger partial charge in [-0.05, 0) is 12.1 Å². The predicted octanol–water partition coefficient (Wildman–Crippen LogP) is 2.24. The molecule has 0 aliphatic carbocycles. The number of rotatable bonds is 1. The Morgan fingerprint density at radius 1 is 1.07 bits per heavy atom. The molecule has 0 fully saturated rings. The summed E-state index contributed by atoms with van der Waals surface area (Å²) in [6.45, 7) is 0. The maximum atomic E-state index is 9.32. The van der Waals surface area contributed by atoms with Crippen molar-refractivity contribution >= 4 is 46.5 Å². The minimum atomic E-state index is -0.884. The number of nitrogen functional groups attached to an aromatic ring is 2. The molecule has 11 heteroatoms. The van der Waals surface area contributed by atoms with Crippen LogP contribution in [0.15, 0.2) is 17.1 Å². The van der Waals surface area contributed by atoms with E-state index in [-0.39, 0.29) is 44.5 Å². The molecule has 9 nitrogen and oxygen atoms in total. The number of hydrogen-bond donors (Lipinski definition) is 4. The molecule has 3 rings (SSSR count). The fourth-order valence-electron chi connectivity index (χ4n) is 2.70. The summed E-state index contributed by atoms with van der Waals surface area (Å²) < 4.78 is 0. The SMILES string of the molecule is N#CNC1=NC(c2c(Cl)cc(C#N)cc2Cl)c2c(nc(N)c(C#N)c2N)N1. The average molecular weight is 398 g/mol. The maximum absolute atomic E-state index is 9.32. The molecule has 0 saturated heterocycles. The van der Waals surface area contributed by atoms with Crippen LogP contribution in [0.3, 0.4) is 0 Å². The summed E-state index contributed by atoms with van der Waals surface area (Å²) in [5.74, 6) is 0.205. The van der Waals surface area contributed by atoms with Crippen LogP contribution in [0.5, 0.6) is 0 Å². The molecule has 1 aliphatic heterocycles. The Kier molecular flexibility index (Phi) is 4.62. The van der Waals surface area contributed by atoms with Crippen molar-refractivity contribution in [3.8, 4) is 18.3 Å². The number of fused-ring (bicyclic) bond motifs is 1. The zero-order valence-electron chi connectivity index (χ0n) is 13.4. The van der Waals surface area contributed by atoms with Gasteiger partial charge in [-0.2, -0.15) is 15.8 Å². The number of hydrogen-bond acceptors (Lipinski definition) is 9. The Labute approximate surface area is 163 Å². The first kappa shape index (κ1) is 18.1. The minimum absolute atomic E-state index is 0.00617. The largest absolute Gasteiger partial charge is 0.397 e. The van der Waals surface area contributed by atoms with Crippen molar-refractivity contribution in [3.63, 3.8) is 0 Å². The summed E-state index contributed by atoms with van der Waals surface area (Å²) in [6.07, 6.45) is 1.74. The normalized spacial score (nSPS) is 14.6. The summed E-state index contributed by atoms with van der Waals surface area (Å²) in [4.78, 5) is 8.52. The van der Waals surface area contributed by atoms with Gasteiger partial charge >= 0.3 is 0 Å². The van der Waals surface area contributed by atoms with Crippen molar-refractivity contribution in [2.75, 3.05) is 16.8 Å². The third-order valence-corrected chi connectivity index (χ3v) is 4.46. The number of guanidine groups is 1. The van der Waals surface area contributed by atoms with Gasteiger partial charge in [0.25, 0.3) is 0 Å². The number of aliphatic imine (C=N–C) groups is 1.